The van der Waals surface area contributed by atoms with E-state index in [0.717, 1.165) is 35.8 Å². The van der Waals surface area contributed by atoms with Gasteiger partial charge in [0.05, 0.1) is 0 Å². The zero-order valence-corrected chi connectivity index (χ0v) is 11.8. The van der Waals surface area contributed by atoms with E-state index >= 15 is 0 Å². The summed E-state index contributed by atoms with van der Waals surface area (Å²) < 4.78 is 0. The third kappa shape index (κ3) is 3.00. The smallest absolute Gasteiger partial charge is 0.172 e. The first-order valence-electron chi connectivity index (χ1n) is 6.99. The summed E-state index contributed by atoms with van der Waals surface area (Å²) in [6.07, 6.45) is 3.72. The molecule has 1 aromatic rings. The molecule has 0 spiro atoms. The third-order valence-electron chi connectivity index (χ3n) is 3.97. The second-order valence-electron chi connectivity index (χ2n) is 5.37. The minimum absolute atomic E-state index is 0.192. The number of nitrogens with two attached hydrogens (primary N) is 1. The van der Waals surface area contributed by atoms with E-state index in [4.69, 9.17) is 10.9 Å². The molecule has 104 valence electrons. The molecule has 0 radical (unpaired) electrons. The second kappa shape index (κ2) is 5.95. The highest BCUT2D eigenvalue weighted by molar-refractivity contribution is 6.02. The Morgan fingerprint density at radius 1 is 1.53 bits per heavy atom. The molecule has 1 atom stereocenters. The molecule has 1 aliphatic rings. The van der Waals surface area contributed by atoms with Crippen molar-refractivity contribution >= 4 is 11.5 Å². The lowest BCUT2D eigenvalue weighted by atomic mass is 9.94. The molecule has 19 heavy (non-hydrogen) atoms. The van der Waals surface area contributed by atoms with Crippen LogP contribution < -0.4 is 10.6 Å². The molecule has 1 unspecified atom stereocenters. The normalized spacial score (nSPS) is 20.6. The average Bonchev–Trinajstić information content (AvgIpc) is 2.46. The van der Waals surface area contributed by atoms with Crippen molar-refractivity contribution in [3.8, 4) is 0 Å². The van der Waals surface area contributed by atoms with Gasteiger partial charge in [-0.1, -0.05) is 30.1 Å². The lowest BCUT2D eigenvalue weighted by molar-refractivity contribution is 0.318. The number of nitrogens with zero attached hydrogens (tertiary/aromatic N) is 2. The number of hydrogen-bond donors (Lipinski definition) is 2. The number of amidine groups is 1. The van der Waals surface area contributed by atoms with E-state index < -0.39 is 0 Å². The van der Waals surface area contributed by atoms with E-state index in [9.17, 15) is 0 Å². The average molecular weight is 261 g/mol. The van der Waals surface area contributed by atoms with Crippen LogP contribution in [0.25, 0.3) is 0 Å². The first-order chi connectivity index (χ1) is 9.15. The highest BCUT2D eigenvalue weighted by atomic mass is 16.4. The number of hydrogen-bond acceptors (Lipinski definition) is 3. The van der Waals surface area contributed by atoms with Gasteiger partial charge in [-0.15, -0.1) is 0 Å². The lowest BCUT2D eigenvalue weighted by Crippen LogP contribution is -2.36. The molecule has 1 saturated heterocycles. The summed E-state index contributed by atoms with van der Waals surface area (Å²) in [6.45, 7) is 6.37. The predicted octanol–water partition coefficient (Wildman–Crippen LogP) is 2.72. The third-order valence-corrected chi connectivity index (χ3v) is 3.97. The van der Waals surface area contributed by atoms with Crippen LogP contribution in [-0.2, 0) is 0 Å². The summed E-state index contributed by atoms with van der Waals surface area (Å²) in [4.78, 5) is 2.37. The van der Waals surface area contributed by atoms with Crippen LogP contribution in [0.5, 0.6) is 0 Å². The van der Waals surface area contributed by atoms with Crippen LogP contribution in [0.4, 0.5) is 5.69 Å². The van der Waals surface area contributed by atoms with Crippen molar-refractivity contribution in [2.45, 2.75) is 33.1 Å². The molecule has 3 N–H and O–H groups in total. The Balaban J connectivity index is 2.33. The van der Waals surface area contributed by atoms with Crippen LogP contribution in [0.2, 0.25) is 0 Å². The second-order valence-corrected chi connectivity index (χ2v) is 5.37. The van der Waals surface area contributed by atoms with Gasteiger partial charge < -0.3 is 15.8 Å². The number of anilines is 1. The monoisotopic (exact) mass is 261 g/mol. The zero-order chi connectivity index (χ0) is 13.8. The van der Waals surface area contributed by atoms with Gasteiger partial charge in [0.25, 0.3) is 0 Å². The van der Waals surface area contributed by atoms with Gasteiger partial charge in [-0.05, 0) is 37.8 Å². The summed E-state index contributed by atoms with van der Waals surface area (Å²) in [5.74, 6) is 0.938. The summed E-state index contributed by atoms with van der Waals surface area (Å²) in [7, 11) is 0. The number of benzene rings is 1. The van der Waals surface area contributed by atoms with Crippen molar-refractivity contribution in [1.82, 2.24) is 0 Å². The summed E-state index contributed by atoms with van der Waals surface area (Å²) >= 11 is 0. The molecule has 0 bridgehead atoms. The molecule has 1 heterocycles. The molecule has 4 nitrogen and oxygen atoms in total. The first kappa shape index (κ1) is 13.7. The van der Waals surface area contributed by atoms with Crippen LogP contribution in [0.3, 0.4) is 0 Å². The van der Waals surface area contributed by atoms with E-state index in [-0.39, 0.29) is 5.84 Å². The number of piperidine rings is 1. The maximum Gasteiger partial charge on any atom is 0.172 e. The molecule has 1 aliphatic heterocycles. The molecule has 1 fully saturated rings. The minimum Gasteiger partial charge on any atom is -0.409 e. The summed E-state index contributed by atoms with van der Waals surface area (Å²) in [5.41, 5.74) is 8.85. The van der Waals surface area contributed by atoms with E-state index in [2.05, 4.69) is 29.1 Å². The van der Waals surface area contributed by atoms with E-state index in [0.29, 0.717) is 0 Å². The Kier molecular flexibility index (Phi) is 4.30. The highest BCUT2D eigenvalue weighted by Gasteiger charge is 2.21. The first-order valence-corrected chi connectivity index (χ1v) is 6.99. The molecule has 0 aliphatic carbocycles. The standard InChI is InChI=1S/C15H23N3O/c1-3-12-5-4-8-18(10-12)14-7-6-11(2)9-13(14)15(16)17-19/h6-7,9,12,19H,3-5,8,10H2,1-2H3,(H2,16,17). The van der Waals surface area contributed by atoms with Crippen LogP contribution in [0, 0.1) is 12.8 Å². The molecule has 1 aromatic carbocycles. The Morgan fingerprint density at radius 3 is 3.00 bits per heavy atom. The molecule has 2 rings (SSSR count). The highest BCUT2D eigenvalue weighted by Crippen LogP contribution is 2.28. The Morgan fingerprint density at radius 2 is 2.32 bits per heavy atom. The van der Waals surface area contributed by atoms with Gasteiger partial charge in [-0.25, -0.2) is 0 Å². The van der Waals surface area contributed by atoms with E-state index in [1.807, 2.05) is 13.0 Å². The maximum atomic E-state index is 8.94. The molecule has 0 aromatic heterocycles. The SMILES string of the molecule is CCC1CCCN(c2ccc(C)cc2/C(N)=N/O)C1. The molecule has 4 heteroatoms. The Labute approximate surface area is 114 Å². The van der Waals surface area contributed by atoms with Crippen LogP contribution in [0.1, 0.15) is 37.3 Å². The van der Waals surface area contributed by atoms with Crippen molar-refractivity contribution in [2.24, 2.45) is 16.8 Å². The van der Waals surface area contributed by atoms with Crippen LogP contribution >= 0.6 is 0 Å². The Bertz CT molecular complexity index is 470. The molecular weight excluding hydrogens is 238 g/mol. The number of rotatable bonds is 3. The Hall–Kier alpha value is -1.71. The van der Waals surface area contributed by atoms with Crippen molar-refractivity contribution in [2.75, 3.05) is 18.0 Å². The van der Waals surface area contributed by atoms with Gasteiger partial charge in [-0.3, -0.25) is 0 Å². The van der Waals surface area contributed by atoms with Crippen LogP contribution in [0.15, 0.2) is 23.4 Å². The topological polar surface area (TPSA) is 61.8 Å². The van der Waals surface area contributed by atoms with Gasteiger partial charge in [-0.2, -0.15) is 0 Å². The van der Waals surface area contributed by atoms with Gasteiger partial charge in [0, 0.05) is 24.3 Å². The van der Waals surface area contributed by atoms with Crippen molar-refractivity contribution in [3.63, 3.8) is 0 Å². The predicted molar refractivity (Wildman–Crippen MR) is 78.9 cm³/mol. The van der Waals surface area contributed by atoms with Gasteiger partial charge in [0.2, 0.25) is 0 Å². The molecule has 0 amide bonds. The quantitative estimate of drug-likeness (QED) is 0.380. The fraction of sp³-hybridized carbons (Fsp3) is 0.533. The molecular formula is C15H23N3O. The largest absolute Gasteiger partial charge is 0.409 e. The lowest BCUT2D eigenvalue weighted by Gasteiger charge is -2.35. The number of oxime groups is 1. The maximum absolute atomic E-state index is 8.94. The van der Waals surface area contributed by atoms with Crippen molar-refractivity contribution in [3.05, 3.63) is 29.3 Å². The van der Waals surface area contributed by atoms with Gasteiger partial charge in [0.1, 0.15) is 0 Å². The molecule has 0 saturated carbocycles. The summed E-state index contributed by atoms with van der Waals surface area (Å²) in [5, 5.41) is 12.1. The van der Waals surface area contributed by atoms with E-state index in [1.54, 1.807) is 0 Å². The number of aryl methyl sites for hydroxylation is 1. The van der Waals surface area contributed by atoms with Gasteiger partial charge in [0.15, 0.2) is 5.84 Å². The van der Waals surface area contributed by atoms with Crippen molar-refractivity contribution < 1.29 is 5.21 Å². The zero-order valence-electron chi connectivity index (χ0n) is 11.8. The minimum atomic E-state index is 0.192. The fourth-order valence-electron chi connectivity index (χ4n) is 2.80. The fourth-order valence-corrected chi connectivity index (χ4v) is 2.80. The van der Waals surface area contributed by atoms with E-state index in [1.165, 1.54) is 19.3 Å². The van der Waals surface area contributed by atoms with Crippen LogP contribution in [-0.4, -0.2) is 24.1 Å². The van der Waals surface area contributed by atoms with Gasteiger partial charge >= 0.3 is 0 Å². The summed E-state index contributed by atoms with van der Waals surface area (Å²) in [6, 6.07) is 6.15. The van der Waals surface area contributed by atoms with Crippen molar-refractivity contribution in [1.29, 1.82) is 0 Å².